The topological polar surface area (TPSA) is 79.0 Å². The molecule has 0 fully saturated rings. The Balaban J connectivity index is 2.92. The van der Waals surface area contributed by atoms with Crippen LogP contribution < -0.4 is 5.32 Å². The molecule has 6 heteroatoms. The van der Waals surface area contributed by atoms with Gasteiger partial charge in [0.1, 0.15) is 0 Å². The summed E-state index contributed by atoms with van der Waals surface area (Å²) in [5.41, 5.74) is 0.847. The zero-order valence-corrected chi connectivity index (χ0v) is 10.4. The Hall–Kier alpha value is -1.46. The van der Waals surface area contributed by atoms with Crippen molar-refractivity contribution in [1.82, 2.24) is 5.32 Å². The van der Waals surface area contributed by atoms with Gasteiger partial charge in [-0.1, -0.05) is 11.6 Å². The molecule has 0 aliphatic carbocycles. The standard InChI is InChI=1S/C11H14ClN3O2/c1-7(14-2)5-11(13)9-4-3-8(15(16)17)6-10(9)12/h3-4,6-7,13-14H,5H2,1-2H3/t7-/m1/s1. The molecule has 0 amide bonds. The minimum Gasteiger partial charge on any atom is -0.317 e. The van der Waals surface area contributed by atoms with Gasteiger partial charge < -0.3 is 10.7 Å². The molecule has 0 spiro atoms. The molecule has 0 heterocycles. The van der Waals surface area contributed by atoms with Crippen LogP contribution >= 0.6 is 11.6 Å². The zero-order valence-electron chi connectivity index (χ0n) is 9.66. The first-order chi connectivity index (χ1) is 7.95. The van der Waals surface area contributed by atoms with Gasteiger partial charge in [0.25, 0.3) is 5.69 Å². The third-order valence-electron chi connectivity index (χ3n) is 2.49. The summed E-state index contributed by atoms with van der Waals surface area (Å²) < 4.78 is 0. The summed E-state index contributed by atoms with van der Waals surface area (Å²) in [4.78, 5) is 10.0. The molecular weight excluding hydrogens is 242 g/mol. The van der Waals surface area contributed by atoms with E-state index >= 15 is 0 Å². The van der Waals surface area contributed by atoms with Gasteiger partial charge in [-0.2, -0.15) is 0 Å². The number of hydrogen-bond donors (Lipinski definition) is 2. The maximum absolute atomic E-state index is 10.5. The number of nitro groups is 1. The van der Waals surface area contributed by atoms with Crippen LogP contribution in [-0.4, -0.2) is 23.7 Å². The van der Waals surface area contributed by atoms with E-state index in [0.717, 1.165) is 0 Å². The summed E-state index contributed by atoms with van der Waals surface area (Å²) >= 11 is 5.93. The highest BCUT2D eigenvalue weighted by atomic mass is 35.5. The average molecular weight is 256 g/mol. The van der Waals surface area contributed by atoms with Gasteiger partial charge in [-0.25, -0.2) is 0 Å². The smallest absolute Gasteiger partial charge is 0.270 e. The van der Waals surface area contributed by atoms with Gasteiger partial charge in [-0.05, 0) is 20.0 Å². The van der Waals surface area contributed by atoms with Crippen molar-refractivity contribution in [2.75, 3.05) is 7.05 Å². The molecule has 0 unspecified atom stereocenters. The molecule has 2 N–H and O–H groups in total. The Morgan fingerprint density at radius 3 is 2.76 bits per heavy atom. The van der Waals surface area contributed by atoms with E-state index in [2.05, 4.69) is 5.32 Å². The molecule has 1 rings (SSSR count). The highest BCUT2D eigenvalue weighted by Crippen LogP contribution is 2.23. The molecular formula is C11H14ClN3O2. The van der Waals surface area contributed by atoms with Crippen molar-refractivity contribution in [3.63, 3.8) is 0 Å². The fraction of sp³-hybridized carbons (Fsp3) is 0.364. The van der Waals surface area contributed by atoms with Crippen LogP contribution in [0.3, 0.4) is 0 Å². The van der Waals surface area contributed by atoms with Crippen LogP contribution in [0, 0.1) is 15.5 Å². The van der Waals surface area contributed by atoms with Crippen molar-refractivity contribution in [2.45, 2.75) is 19.4 Å². The van der Waals surface area contributed by atoms with Crippen LogP contribution in [0.5, 0.6) is 0 Å². The second-order valence-electron chi connectivity index (χ2n) is 3.79. The van der Waals surface area contributed by atoms with E-state index in [1.165, 1.54) is 18.2 Å². The molecule has 0 aliphatic heterocycles. The minimum atomic E-state index is -0.504. The summed E-state index contributed by atoms with van der Waals surface area (Å²) in [6.45, 7) is 1.95. The lowest BCUT2D eigenvalue weighted by Gasteiger charge is -2.11. The van der Waals surface area contributed by atoms with Gasteiger partial charge >= 0.3 is 0 Å². The molecule has 1 aromatic rings. The summed E-state index contributed by atoms with van der Waals surface area (Å²) in [5.74, 6) is 0. The maximum atomic E-state index is 10.5. The number of nitrogens with one attached hydrogen (secondary N) is 2. The molecule has 0 saturated carbocycles. The van der Waals surface area contributed by atoms with Crippen LogP contribution in [0.25, 0.3) is 0 Å². The largest absolute Gasteiger partial charge is 0.317 e. The number of hydrogen-bond acceptors (Lipinski definition) is 4. The van der Waals surface area contributed by atoms with E-state index in [9.17, 15) is 10.1 Å². The predicted molar refractivity (Wildman–Crippen MR) is 68.1 cm³/mol. The quantitative estimate of drug-likeness (QED) is 0.482. The van der Waals surface area contributed by atoms with E-state index in [0.29, 0.717) is 17.7 Å². The maximum Gasteiger partial charge on any atom is 0.270 e. The monoisotopic (exact) mass is 255 g/mol. The predicted octanol–water partition coefficient (Wildman–Crippen LogP) is 2.61. The van der Waals surface area contributed by atoms with Gasteiger partial charge in [0.2, 0.25) is 0 Å². The molecule has 1 atom stereocenters. The SMILES string of the molecule is CN[C@H](C)CC(=N)c1ccc([N+](=O)[O-])cc1Cl. The third kappa shape index (κ3) is 3.51. The highest BCUT2D eigenvalue weighted by Gasteiger charge is 2.13. The Kier molecular flexibility index (Phi) is 4.60. The molecule has 0 saturated heterocycles. The lowest BCUT2D eigenvalue weighted by Crippen LogP contribution is -2.24. The summed E-state index contributed by atoms with van der Waals surface area (Å²) in [7, 11) is 1.81. The number of rotatable bonds is 5. The number of benzene rings is 1. The molecule has 0 aliphatic rings. The summed E-state index contributed by atoms with van der Waals surface area (Å²) in [6, 6.07) is 4.31. The Morgan fingerprint density at radius 2 is 2.29 bits per heavy atom. The number of nitrogens with zero attached hydrogens (tertiary/aromatic N) is 1. The third-order valence-corrected chi connectivity index (χ3v) is 2.80. The Morgan fingerprint density at radius 1 is 1.65 bits per heavy atom. The molecule has 5 nitrogen and oxygen atoms in total. The van der Waals surface area contributed by atoms with E-state index in [-0.39, 0.29) is 16.8 Å². The number of non-ortho nitro benzene ring substituents is 1. The fourth-order valence-electron chi connectivity index (χ4n) is 1.38. The lowest BCUT2D eigenvalue weighted by atomic mass is 10.0. The van der Waals surface area contributed by atoms with Gasteiger partial charge in [-0.3, -0.25) is 10.1 Å². The van der Waals surface area contributed by atoms with Crippen molar-refractivity contribution in [3.8, 4) is 0 Å². The lowest BCUT2D eigenvalue weighted by molar-refractivity contribution is -0.384. The molecule has 92 valence electrons. The van der Waals surface area contributed by atoms with Crippen molar-refractivity contribution in [3.05, 3.63) is 38.9 Å². The molecule has 0 bridgehead atoms. The highest BCUT2D eigenvalue weighted by molar-refractivity contribution is 6.34. The Bertz CT molecular complexity index is 448. The molecule has 17 heavy (non-hydrogen) atoms. The van der Waals surface area contributed by atoms with Crippen molar-refractivity contribution in [1.29, 1.82) is 5.41 Å². The number of halogens is 1. The molecule has 1 aromatic carbocycles. The summed E-state index contributed by atoms with van der Waals surface area (Å²) in [5, 5.41) is 21.7. The molecule has 0 radical (unpaired) electrons. The van der Waals surface area contributed by atoms with Gasteiger partial charge in [0.05, 0.1) is 9.95 Å². The normalized spacial score (nSPS) is 12.2. The first-order valence-corrected chi connectivity index (χ1v) is 5.52. The van der Waals surface area contributed by atoms with Crippen molar-refractivity contribution >= 4 is 23.0 Å². The van der Waals surface area contributed by atoms with Crippen LogP contribution in [0.2, 0.25) is 5.02 Å². The van der Waals surface area contributed by atoms with E-state index in [4.69, 9.17) is 17.0 Å². The second kappa shape index (κ2) is 5.75. The minimum absolute atomic E-state index is 0.0618. The van der Waals surface area contributed by atoms with Gasteiger partial charge in [0, 0.05) is 35.9 Å². The zero-order chi connectivity index (χ0) is 13.0. The van der Waals surface area contributed by atoms with E-state index in [1.807, 2.05) is 14.0 Å². The van der Waals surface area contributed by atoms with Gasteiger partial charge in [-0.15, -0.1) is 0 Å². The second-order valence-corrected chi connectivity index (χ2v) is 4.20. The van der Waals surface area contributed by atoms with Crippen molar-refractivity contribution < 1.29 is 4.92 Å². The van der Waals surface area contributed by atoms with E-state index in [1.54, 1.807) is 0 Å². The first-order valence-electron chi connectivity index (χ1n) is 5.14. The van der Waals surface area contributed by atoms with Crippen LogP contribution in [0.15, 0.2) is 18.2 Å². The first kappa shape index (κ1) is 13.6. The summed E-state index contributed by atoms with van der Waals surface area (Å²) in [6.07, 6.45) is 0.522. The Labute approximate surface area is 104 Å². The van der Waals surface area contributed by atoms with Crippen molar-refractivity contribution in [2.24, 2.45) is 0 Å². The fourth-order valence-corrected chi connectivity index (χ4v) is 1.67. The van der Waals surface area contributed by atoms with Crippen LogP contribution in [0.4, 0.5) is 5.69 Å². The van der Waals surface area contributed by atoms with Crippen LogP contribution in [-0.2, 0) is 0 Å². The average Bonchev–Trinajstić information content (AvgIpc) is 2.28. The van der Waals surface area contributed by atoms with Crippen LogP contribution in [0.1, 0.15) is 18.9 Å². The number of nitro benzene ring substituents is 1. The molecule has 0 aromatic heterocycles. The van der Waals surface area contributed by atoms with Gasteiger partial charge in [0.15, 0.2) is 0 Å². The van der Waals surface area contributed by atoms with E-state index < -0.39 is 4.92 Å².